The minimum Gasteiger partial charge on any atom is -0.294 e. The summed E-state index contributed by atoms with van der Waals surface area (Å²) in [6, 6.07) is 14.4. The molecule has 0 amide bonds. The van der Waals surface area contributed by atoms with Crippen LogP contribution < -0.4 is 5.43 Å². The topological polar surface area (TPSA) is 29.9 Å². The lowest BCUT2D eigenvalue weighted by molar-refractivity contribution is 0.956. The van der Waals surface area contributed by atoms with E-state index in [-0.39, 0.29) is 0 Å². The van der Waals surface area contributed by atoms with Gasteiger partial charge in [-0.3, -0.25) is 15.1 Å². The molecule has 0 radical (unpaired) electrons. The van der Waals surface area contributed by atoms with E-state index in [1.54, 1.807) is 12.4 Å². The maximum atomic E-state index is 4.01. The SMILES string of the molecule is Cc1cc2ccccc2n1Nc1ccncc1. The summed E-state index contributed by atoms with van der Waals surface area (Å²) >= 11 is 0. The van der Waals surface area contributed by atoms with Crippen molar-refractivity contribution in [1.29, 1.82) is 0 Å². The van der Waals surface area contributed by atoms with E-state index < -0.39 is 0 Å². The summed E-state index contributed by atoms with van der Waals surface area (Å²) in [5, 5.41) is 1.24. The van der Waals surface area contributed by atoms with Crippen molar-refractivity contribution < 1.29 is 0 Å². The first-order valence-electron chi connectivity index (χ1n) is 5.59. The summed E-state index contributed by atoms with van der Waals surface area (Å²) in [4.78, 5) is 4.01. The summed E-state index contributed by atoms with van der Waals surface area (Å²) in [6.07, 6.45) is 3.56. The third-order valence-corrected chi connectivity index (χ3v) is 2.82. The smallest absolute Gasteiger partial charge is 0.0699 e. The van der Waals surface area contributed by atoms with Gasteiger partial charge in [0, 0.05) is 23.5 Å². The second kappa shape index (κ2) is 3.94. The van der Waals surface area contributed by atoms with Crippen molar-refractivity contribution in [3.63, 3.8) is 0 Å². The fourth-order valence-corrected chi connectivity index (χ4v) is 2.00. The second-order valence-electron chi connectivity index (χ2n) is 4.03. The van der Waals surface area contributed by atoms with Crippen LogP contribution in [0.5, 0.6) is 0 Å². The molecule has 0 aliphatic carbocycles. The van der Waals surface area contributed by atoms with E-state index in [2.05, 4.69) is 46.3 Å². The molecule has 3 heteroatoms. The van der Waals surface area contributed by atoms with Gasteiger partial charge in [0.05, 0.1) is 11.2 Å². The Morgan fingerprint density at radius 1 is 1.06 bits per heavy atom. The zero-order chi connectivity index (χ0) is 11.7. The lowest BCUT2D eigenvalue weighted by atomic mass is 10.2. The van der Waals surface area contributed by atoms with Gasteiger partial charge in [-0.25, -0.2) is 0 Å². The van der Waals surface area contributed by atoms with Crippen LogP contribution in [0.2, 0.25) is 0 Å². The molecule has 2 aromatic heterocycles. The molecule has 1 aromatic carbocycles. The molecule has 0 spiro atoms. The highest BCUT2D eigenvalue weighted by molar-refractivity contribution is 5.81. The quantitative estimate of drug-likeness (QED) is 0.723. The van der Waals surface area contributed by atoms with Crippen molar-refractivity contribution in [3.8, 4) is 0 Å². The third kappa shape index (κ3) is 1.76. The molecule has 0 bridgehead atoms. The Balaban J connectivity index is 2.08. The molecule has 3 aromatic rings. The first-order valence-corrected chi connectivity index (χ1v) is 5.59. The number of benzene rings is 1. The molecule has 17 heavy (non-hydrogen) atoms. The van der Waals surface area contributed by atoms with Crippen LogP contribution in [-0.2, 0) is 0 Å². The van der Waals surface area contributed by atoms with Gasteiger partial charge in [-0.1, -0.05) is 18.2 Å². The van der Waals surface area contributed by atoms with E-state index in [4.69, 9.17) is 0 Å². The largest absolute Gasteiger partial charge is 0.294 e. The van der Waals surface area contributed by atoms with E-state index in [9.17, 15) is 0 Å². The highest BCUT2D eigenvalue weighted by Crippen LogP contribution is 2.19. The van der Waals surface area contributed by atoms with Crippen molar-refractivity contribution in [1.82, 2.24) is 9.66 Å². The number of nitrogens with zero attached hydrogens (tertiary/aromatic N) is 2. The standard InChI is InChI=1S/C14H13N3/c1-11-10-12-4-2-3-5-14(12)17(11)16-13-6-8-15-9-7-13/h2-10H,1H3,(H,15,16). The molecule has 1 N–H and O–H groups in total. The van der Waals surface area contributed by atoms with Crippen LogP contribution in [-0.4, -0.2) is 9.66 Å². The number of rotatable bonds is 2. The number of nitrogens with one attached hydrogen (secondary N) is 1. The fourth-order valence-electron chi connectivity index (χ4n) is 2.00. The van der Waals surface area contributed by atoms with E-state index in [0.29, 0.717) is 0 Å². The van der Waals surface area contributed by atoms with Gasteiger partial charge in [0.1, 0.15) is 0 Å². The van der Waals surface area contributed by atoms with Gasteiger partial charge in [-0.2, -0.15) is 0 Å². The Bertz CT molecular complexity index is 641. The van der Waals surface area contributed by atoms with Gasteiger partial charge < -0.3 is 0 Å². The van der Waals surface area contributed by atoms with Crippen LogP contribution in [0.15, 0.2) is 54.9 Å². The van der Waals surface area contributed by atoms with Crippen LogP contribution in [0.1, 0.15) is 5.69 Å². The second-order valence-corrected chi connectivity index (χ2v) is 4.03. The summed E-state index contributed by atoms with van der Waals surface area (Å²) in [5.41, 5.74) is 6.77. The normalized spacial score (nSPS) is 10.6. The Morgan fingerprint density at radius 3 is 2.65 bits per heavy atom. The van der Waals surface area contributed by atoms with Crippen molar-refractivity contribution in [2.75, 3.05) is 5.43 Å². The lowest BCUT2D eigenvalue weighted by Crippen LogP contribution is -2.09. The molecule has 3 rings (SSSR count). The van der Waals surface area contributed by atoms with Gasteiger partial charge in [0.2, 0.25) is 0 Å². The van der Waals surface area contributed by atoms with Crippen LogP contribution in [0.25, 0.3) is 10.9 Å². The van der Waals surface area contributed by atoms with Gasteiger partial charge >= 0.3 is 0 Å². The average Bonchev–Trinajstić information content (AvgIpc) is 2.68. The number of hydrogen-bond donors (Lipinski definition) is 1. The van der Waals surface area contributed by atoms with Crippen LogP contribution >= 0.6 is 0 Å². The molecule has 0 saturated heterocycles. The van der Waals surface area contributed by atoms with Crippen LogP contribution in [0.4, 0.5) is 5.69 Å². The summed E-state index contributed by atoms with van der Waals surface area (Å²) in [5.74, 6) is 0. The maximum absolute atomic E-state index is 4.01. The molecule has 0 unspecified atom stereocenters. The number of anilines is 1. The minimum atomic E-state index is 1.03. The van der Waals surface area contributed by atoms with E-state index >= 15 is 0 Å². The molecular formula is C14H13N3. The highest BCUT2D eigenvalue weighted by Gasteiger charge is 2.04. The first-order chi connectivity index (χ1) is 8.34. The number of fused-ring (bicyclic) bond motifs is 1. The molecule has 2 heterocycles. The molecule has 0 aliphatic heterocycles. The number of aromatic nitrogens is 2. The number of para-hydroxylation sites is 1. The summed E-state index contributed by atoms with van der Waals surface area (Å²) in [7, 11) is 0. The van der Waals surface area contributed by atoms with Crippen molar-refractivity contribution in [2.24, 2.45) is 0 Å². The molecule has 84 valence electrons. The maximum Gasteiger partial charge on any atom is 0.0699 e. The molecule has 0 fully saturated rings. The predicted molar refractivity (Wildman–Crippen MR) is 69.9 cm³/mol. The monoisotopic (exact) mass is 223 g/mol. The Morgan fingerprint density at radius 2 is 1.82 bits per heavy atom. The summed E-state index contributed by atoms with van der Waals surface area (Å²) in [6.45, 7) is 2.09. The number of hydrogen-bond acceptors (Lipinski definition) is 2. The highest BCUT2D eigenvalue weighted by atomic mass is 15.4. The Kier molecular flexibility index (Phi) is 2.29. The van der Waals surface area contributed by atoms with Crippen LogP contribution in [0.3, 0.4) is 0 Å². The molecular weight excluding hydrogens is 210 g/mol. The zero-order valence-electron chi connectivity index (χ0n) is 9.59. The Labute approximate surface area is 99.7 Å². The van der Waals surface area contributed by atoms with Gasteiger partial charge in [-0.05, 0) is 31.2 Å². The van der Waals surface area contributed by atoms with E-state index in [1.807, 2.05) is 18.2 Å². The predicted octanol–water partition coefficient (Wildman–Crippen LogP) is 3.22. The third-order valence-electron chi connectivity index (χ3n) is 2.82. The lowest BCUT2D eigenvalue weighted by Gasteiger charge is -2.11. The van der Waals surface area contributed by atoms with E-state index in [0.717, 1.165) is 5.69 Å². The first kappa shape index (κ1) is 9.90. The number of aryl methyl sites for hydroxylation is 1. The molecule has 0 saturated carbocycles. The van der Waals surface area contributed by atoms with E-state index in [1.165, 1.54) is 16.6 Å². The van der Waals surface area contributed by atoms with Gasteiger partial charge in [-0.15, -0.1) is 0 Å². The molecule has 3 nitrogen and oxygen atoms in total. The molecule has 0 atom stereocenters. The average molecular weight is 223 g/mol. The number of pyridine rings is 1. The van der Waals surface area contributed by atoms with Crippen LogP contribution in [0, 0.1) is 6.92 Å². The van der Waals surface area contributed by atoms with Crippen molar-refractivity contribution in [2.45, 2.75) is 6.92 Å². The summed E-state index contributed by atoms with van der Waals surface area (Å²) < 4.78 is 2.09. The minimum absolute atomic E-state index is 1.03. The van der Waals surface area contributed by atoms with Gasteiger partial charge in [0.25, 0.3) is 0 Å². The zero-order valence-corrected chi connectivity index (χ0v) is 9.59. The fraction of sp³-hybridized carbons (Fsp3) is 0.0714. The molecule has 0 aliphatic rings. The van der Waals surface area contributed by atoms with Crippen molar-refractivity contribution >= 4 is 16.6 Å². The Hall–Kier alpha value is -2.29. The van der Waals surface area contributed by atoms with Gasteiger partial charge in [0.15, 0.2) is 0 Å². The van der Waals surface area contributed by atoms with Crippen molar-refractivity contribution in [3.05, 3.63) is 60.6 Å².